The maximum Gasteiger partial charge on any atom is 0.316 e. The highest BCUT2D eigenvalue weighted by molar-refractivity contribution is 5.95. The average Bonchev–Trinajstić information content (AvgIpc) is 3.34. The maximum atomic E-state index is 14.5. The molecule has 1 aliphatic rings. The van der Waals surface area contributed by atoms with E-state index in [1.165, 1.54) is 20.0 Å². The first-order chi connectivity index (χ1) is 14.7. The molecule has 0 atom stereocenters. The largest absolute Gasteiger partial charge is 0.367 e. The van der Waals surface area contributed by atoms with E-state index in [0.29, 0.717) is 5.69 Å². The monoisotopic (exact) mass is 431 g/mol. The Balaban J connectivity index is 0.00000132. The molecule has 10 heteroatoms. The van der Waals surface area contributed by atoms with Crippen LogP contribution in [0.5, 0.6) is 0 Å². The van der Waals surface area contributed by atoms with Crippen LogP contribution >= 0.6 is 0 Å². The number of piperazine rings is 1. The summed E-state index contributed by atoms with van der Waals surface area (Å²) in [4.78, 5) is 19.8. The van der Waals surface area contributed by atoms with Gasteiger partial charge in [-0.3, -0.25) is 20.2 Å². The van der Waals surface area contributed by atoms with Crippen molar-refractivity contribution in [1.82, 2.24) is 24.6 Å². The number of halogens is 1. The van der Waals surface area contributed by atoms with Gasteiger partial charge in [0.05, 0.1) is 28.4 Å². The highest BCUT2D eigenvalue weighted by Crippen LogP contribution is 2.34. The number of anilines is 1. The van der Waals surface area contributed by atoms with Gasteiger partial charge in [0.25, 0.3) is 0 Å². The van der Waals surface area contributed by atoms with Crippen LogP contribution in [-0.2, 0) is 6.54 Å². The molecule has 4 heterocycles. The van der Waals surface area contributed by atoms with E-state index in [0.717, 1.165) is 42.8 Å². The second kappa shape index (κ2) is 9.01. The van der Waals surface area contributed by atoms with Gasteiger partial charge in [-0.1, -0.05) is 13.8 Å². The highest BCUT2D eigenvalue weighted by Gasteiger charge is 2.25. The van der Waals surface area contributed by atoms with Crippen molar-refractivity contribution in [2.45, 2.75) is 39.9 Å². The summed E-state index contributed by atoms with van der Waals surface area (Å²) >= 11 is 0. The predicted octanol–water partition coefficient (Wildman–Crippen LogP) is 3.86. The van der Waals surface area contributed by atoms with Crippen LogP contribution in [0.2, 0.25) is 0 Å². The first kappa shape index (κ1) is 22.7. The van der Waals surface area contributed by atoms with Gasteiger partial charge < -0.3 is 14.4 Å². The number of alkyl halides is 1. The van der Waals surface area contributed by atoms with E-state index in [4.69, 9.17) is 0 Å². The Morgan fingerprint density at radius 3 is 2.52 bits per heavy atom. The van der Waals surface area contributed by atoms with Gasteiger partial charge in [0.2, 0.25) is 0 Å². The summed E-state index contributed by atoms with van der Waals surface area (Å²) in [6, 6.07) is 1.77. The van der Waals surface area contributed by atoms with E-state index >= 15 is 0 Å². The molecule has 0 spiro atoms. The number of aromatic amines is 1. The summed E-state index contributed by atoms with van der Waals surface area (Å²) in [6.45, 7) is 10.9. The third-order valence-corrected chi connectivity index (χ3v) is 5.21. The summed E-state index contributed by atoms with van der Waals surface area (Å²) in [5.74, 6) is 0. The summed E-state index contributed by atoms with van der Waals surface area (Å²) < 4.78 is 16.4. The lowest BCUT2D eigenvalue weighted by Crippen LogP contribution is -2.44. The smallest absolute Gasteiger partial charge is 0.316 e. The third kappa shape index (κ3) is 4.84. The number of nitrogens with one attached hydrogen (secondary N) is 1. The number of nitro groups is 1. The Hall–Kier alpha value is -3.01. The van der Waals surface area contributed by atoms with Gasteiger partial charge in [-0.15, -0.1) is 0 Å². The number of hydrogen-bond donors (Lipinski definition) is 1. The van der Waals surface area contributed by atoms with Crippen LogP contribution in [0.3, 0.4) is 0 Å². The molecule has 0 aromatic carbocycles. The van der Waals surface area contributed by atoms with Crippen LogP contribution in [0.25, 0.3) is 22.3 Å². The van der Waals surface area contributed by atoms with Crippen molar-refractivity contribution in [3.05, 3.63) is 34.8 Å². The Labute approximate surface area is 181 Å². The van der Waals surface area contributed by atoms with Gasteiger partial charge in [0.1, 0.15) is 11.9 Å². The molecule has 1 saturated heterocycles. The van der Waals surface area contributed by atoms with E-state index in [1.54, 1.807) is 12.3 Å². The van der Waals surface area contributed by atoms with Crippen LogP contribution in [0, 0.1) is 10.1 Å². The maximum absolute atomic E-state index is 14.5. The first-order valence-corrected chi connectivity index (χ1v) is 10.5. The van der Waals surface area contributed by atoms with Gasteiger partial charge in [0, 0.05) is 44.0 Å². The Morgan fingerprint density at radius 2 is 1.90 bits per heavy atom. The van der Waals surface area contributed by atoms with Gasteiger partial charge in [-0.25, -0.2) is 4.39 Å². The van der Waals surface area contributed by atoms with E-state index in [2.05, 4.69) is 32.0 Å². The summed E-state index contributed by atoms with van der Waals surface area (Å²) in [5.41, 5.74) is 0.899. The molecule has 31 heavy (non-hydrogen) atoms. The molecule has 9 nitrogen and oxygen atoms in total. The van der Waals surface area contributed by atoms with Crippen molar-refractivity contribution >= 4 is 22.3 Å². The Morgan fingerprint density at radius 1 is 1.23 bits per heavy atom. The Kier molecular flexibility index (Phi) is 6.59. The fourth-order valence-corrected chi connectivity index (χ4v) is 3.75. The van der Waals surface area contributed by atoms with Gasteiger partial charge in [-0.2, -0.15) is 5.10 Å². The molecule has 0 bridgehead atoms. The second-order valence-corrected chi connectivity index (χ2v) is 8.13. The van der Waals surface area contributed by atoms with Crippen molar-refractivity contribution in [3.63, 3.8) is 0 Å². The molecule has 3 aromatic rings. The Bertz CT molecular complexity index is 1050. The third-order valence-electron chi connectivity index (χ3n) is 5.21. The van der Waals surface area contributed by atoms with Crippen LogP contribution < -0.4 is 4.90 Å². The number of pyridine rings is 1. The lowest BCUT2D eigenvalue weighted by atomic mass is 10.1. The van der Waals surface area contributed by atoms with Gasteiger partial charge in [0.15, 0.2) is 5.69 Å². The summed E-state index contributed by atoms with van der Waals surface area (Å²) in [7, 11) is 2.09. The minimum absolute atomic E-state index is 0.139. The molecule has 0 radical (unpaired) electrons. The van der Waals surface area contributed by atoms with Crippen molar-refractivity contribution < 1.29 is 9.31 Å². The van der Waals surface area contributed by atoms with Crippen molar-refractivity contribution in [2.24, 2.45) is 0 Å². The van der Waals surface area contributed by atoms with Crippen LogP contribution in [-0.4, -0.2) is 68.5 Å². The molecular weight excluding hydrogens is 401 g/mol. The summed E-state index contributed by atoms with van der Waals surface area (Å²) in [5, 5.41) is 18.6. The van der Waals surface area contributed by atoms with Crippen molar-refractivity contribution in [3.8, 4) is 11.4 Å². The normalized spacial score (nSPS) is 15.1. The number of fused-ring (bicyclic) bond motifs is 1. The molecule has 0 amide bonds. The van der Waals surface area contributed by atoms with Gasteiger partial charge >= 0.3 is 5.69 Å². The minimum atomic E-state index is -1.41. The number of aromatic nitrogens is 4. The molecule has 1 N–H and O–H groups in total. The number of hydrogen-bond acceptors (Lipinski definition) is 6. The fourth-order valence-electron chi connectivity index (χ4n) is 3.75. The standard InChI is InChI=1S/C19H24FN7O2.C2H6/c1-19(2,20)12-26-11-17(25-6-4-24(3)5-7-25)13-9-21-14(8-15(13)26)18-16(27(28)29)10-22-23-18;1-2/h8-11H,4-7,12H2,1-3H3,(H,22,23);1-2H3. The zero-order valence-corrected chi connectivity index (χ0v) is 18.7. The van der Waals surface area contributed by atoms with E-state index < -0.39 is 10.6 Å². The predicted molar refractivity (Wildman–Crippen MR) is 120 cm³/mol. The molecule has 0 unspecified atom stereocenters. The lowest BCUT2D eigenvalue weighted by Gasteiger charge is -2.33. The van der Waals surface area contributed by atoms with Gasteiger partial charge in [-0.05, 0) is 27.0 Å². The lowest BCUT2D eigenvalue weighted by molar-refractivity contribution is -0.384. The van der Waals surface area contributed by atoms with Crippen LogP contribution in [0.15, 0.2) is 24.7 Å². The number of rotatable bonds is 5. The van der Waals surface area contributed by atoms with Crippen LogP contribution in [0.1, 0.15) is 27.7 Å². The molecule has 3 aromatic heterocycles. The van der Waals surface area contributed by atoms with Crippen LogP contribution in [0.4, 0.5) is 15.8 Å². The zero-order valence-electron chi connectivity index (χ0n) is 18.7. The first-order valence-electron chi connectivity index (χ1n) is 10.5. The van der Waals surface area contributed by atoms with E-state index in [-0.39, 0.29) is 17.9 Å². The quantitative estimate of drug-likeness (QED) is 0.487. The molecule has 0 aliphatic carbocycles. The van der Waals surface area contributed by atoms with Crippen molar-refractivity contribution in [2.75, 3.05) is 38.1 Å². The topological polar surface area (TPSA) is 96.1 Å². The van der Waals surface area contributed by atoms with E-state index in [1.807, 2.05) is 24.6 Å². The molecular formula is C21H30FN7O2. The molecule has 1 aliphatic heterocycles. The fraction of sp³-hybridized carbons (Fsp3) is 0.524. The SMILES string of the molecule is CC.CN1CCN(c2cn(CC(C)(C)F)c3cc(-c4[nH]ncc4[N+](=O)[O-])ncc23)CC1. The van der Waals surface area contributed by atoms with E-state index in [9.17, 15) is 14.5 Å². The average molecular weight is 432 g/mol. The number of H-pyrrole nitrogens is 1. The number of nitrogens with zero attached hydrogens (tertiary/aromatic N) is 6. The zero-order chi connectivity index (χ0) is 22.8. The number of likely N-dealkylation sites (N-methyl/N-ethyl adjacent to an activating group) is 1. The minimum Gasteiger partial charge on any atom is -0.367 e. The molecule has 168 valence electrons. The highest BCUT2D eigenvalue weighted by atomic mass is 19.1. The molecule has 1 fully saturated rings. The summed E-state index contributed by atoms with van der Waals surface area (Å²) in [6.07, 6.45) is 4.84. The second-order valence-electron chi connectivity index (χ2n) is 8.13. The molecule has 0 saturated carbocycles. The molecule has 4 rings (SSSR count). The van der Waals surface area contributed by atoms with Crippen molar-refractivity contribution in [1.29, 1.82) is 0 Å².